The van der Waals surface area contributed by atoms with Gasteiger partial charge in [-0.3, -0.25) is 9.59 Å². The maximum Gasteiger partial charge on any atom is 0.326 e. The number of thioether (sulfide) groups is 1. The number of anilines is 1. The highest BCUT2D eigenvalue weighted by Gasteiger charge is 2.19. The molecule has 0 spiro atoms. The summed E-state index contributed by atoms with van der Waals surface area (Å²) in [5, 5.41) is 0. The Morgan fingerprint density at radius 2 is 1.62 bits per heavy atom. The Hall–Kier alpha value is -2.27. The molecule has 2 aromatic rings. The van der Waals surface area contributed by atoms with E-state index in [0.29, 0.717) is 18.0 Å². The summed E-state index contributed by atoms with van der Waals surface area (Å²) in [6.45, 7) is 1.99. The van der Waals surface area contributed by atoms with Gasteiger partial charge in [0.2, 0.25) is 5.91 Å². The molecule has 0 aromatic heterocycles. The lowest BCUT2D eigenvalue weighted by atomic mass is 10.2. The van der Waals surface area contributed by atoms with E-state index in [1.807, 2.05) is 60.7 Å². The summed E-state index contributed by atoms with van der Waals surface area (Å²) in [5.74, 6) is 0.565. The lowest BCUT2D eigenvalue weighted by molar-refractivity contribution is -0.142. The van der Waals surface area contributed by atoms with Crippen molar-refractivity contribution in [2.75, 3.05) is 23.8 Å². The van der Waals surface area contributed by atoms with Crippen LogP contribution in [0.5, 0.6) is 0 Å². The fraction of sp³-hybridized carbons (Fsp3) is 0.263. The van der Waals surface area contributed by atoms with Gasteiger partial charge in [0, 0.05) is 11.4 Å². The van der Waals surface area contributed by atoms with Crippen LogP contribution in [-0.2, 0) is 20.1 Å². The van der Waals surface area contributed by atoms with Gasteiger partial charge in [-0.25, -0.2) is 0 Å². The maximum atomic E-state index is 12.6. The third kappa shape index (κ3) is 5.74. The minimum Gasteiger partial charge on any atom is -0.465 e. The smallest absolute Gasteiger partial charge is 0.326 e. The first-order chi connectivity index (χ1) is 11.7. The van der Waals surface area contributed by atoms with Crippen molar-refractivity contribution in [3.63, 3.8) is 0 Å². The standard InChI is InChI=1S/C19H21NO3S/c1-2-23-19(22)13-20(17-11-7-4-8-12-17)18(21)15-24-14-16-9-5-3-6-10-16/h3-12H,2,13-15H2,1H3. The summed E-state index contributed by atoms with van der Waals surface area (Å²) in [7, 11) is 0. The Bertz CT molecular complexity index is 646. The van der Waals surface area contributed by atoms with E-state index in [2.05, 4.69) is 0 Å². The van der Waals surface area contributed by atoms with Crippen molar-refractivity contribution in [1.29, 1.82) is 0 Å². The predicted molar refractivity (Wildman–Crippen MR) is 98.0 cm³/mol. The van der Waals surface area contributed by atoms with Gasteiger partial charge >= 0.3 is 5.97 Å². The van der Waals surface area contributed by atoms with Gasteiger partial charge in [-0.05, 0) is 24.6 Å². The molecule has 2 rings (SSSR count). The molecule has 0 fully saturated rings. The average molecular weight is 343 g/mol. The van der Waals surface area contributed by atoms with Crippen LogP contribution in [0.3, 0.4) is 0 Å². The van der Waals surface area contributed by atoms with Crippen LogP contribution in [0, 0.1) is 0 Å². The van der Waals surface area contributed by atoms with Crippen molar-refractivity contribution in [3.05, 3.63) is 66.2 Å². The van der Waals surface area contributed by atoms with E-state index < -0.39 is 5.97 Å². The molecule has 24 heavy (non-hydrogen) atoms. The van der Waals surface area contributed by atoms with E-state index in [9.17, 15) is 9.59 Å². The predicted octanol–water partition coefficient (Wildman–Crippen LogP) is 3.52. The van der Waals surface area contributed by atoms with E-state index >= 15 is 0 Å². The number of para-hydroxylation sites is 1. The second kappa shape index (κ2) is 9.78. The first-order valence-corrected chi connectivity index (χ1v) is 8.99. The number of hydrogen-bond donors (Lipinski definition) is 0. The van der Waals surface area contributed by atoms with Crippen molar-refractivity contribution in [3.8, 4) is 0 Å². The van der Waals surface area contributed by atoms with Gasteiger partial charge in [0.25, 0.3) is 0 Å². The highest BCUT2D eigenvalue weighted by molar-refractivity contribution is 7.99. The van der Waals surface area contributed by atoms with Crippen LogP contribution in [-0.4, -0.2) is 30.8 Å². The average Bonchev–Trinajstić information content (AvgIpc) is 2.61. The summed E-state index contributed by atoms with van der Waals surface area (Å²) in [6, 6.07) is 19.2. The van der Waals surface area contributed by atoms with E-state index in [-0.39, 0.29) is 12.5 Å². The first kappa shape index (κ1) is 18.1. The summed E-state index contributed by atoms with van der Waals surface area (Å²) < 4.78 is 4.98. The number of carbonyl (C=O) groups is 2. The zero-order valence-corrected chi connectivity index (χ0v) is 14.5. The monoisotopic (exact) mass is 343 g/mol. The zero-order valence-electron chi connectivity index (χ0n) is 13.7. The molecule has 1 amide bonds. The van der Waals surface area contributed by atoms with Gasteiger partial charge in [-0.2, -0.15) is 0 Å². The maximum absolute atomic E-state index is 12.6. The fourth-order valence-electron chi connectivity index (χ4n) is 2.18. The van der Waals surface area contributed by atoms with Crippen LogP contribution in [0.25, 0.3) is 0 Å². The molecule has 0 saturated carbocycles. The number of esters is 1. The molecular formula is C19H21NO3S. The Kier molecular flexibility index (Phi) is 7.36. The second-order valence-electron chi connectivity index (χ2n) is 5.10. The second-order valence-corrected chi connectivity index (χ2v) is 6.08. The van der Waals surface area contributed by atoms with Gasteiger partial charge < -0.3 is 9.64 Å². The van der Waals surface area contributed by atoms with Crippen LogP contribution in [0.1, 0.15) is 12.5 Å². The molecule has 0 aliphatic heterocycles. The third-order valence-electron chi connectivity index (χ3n) is 3.30. The largest absolute Gasteiger partial charge is 0.465 e. The van der Waals surface area contributed by atoms with Crippen molar-refractivity contribution < 1.29 is 14.3 Å². The molecule has 0 heterocycles. The highest BCUT2D eigenvalue weighted by atomic mass is 32.2. The molecule has 0 saturated heterocycles. The number of nitrogens with zero attached hydrogens (tertiary/aromatic N) is 1. The number of benzene rings is 2. The van der Waals surface area contributed by atoms with E-state index in [1.165, 1.54) is 22.2 Å². The van der Waals surface area contributed by atoms with Crippen LogP contribution >= 0.6 is 11.8 Å². The van der Waals surface area contributed by atoms with Crippen LogP contribution in [0.2, 0.25) is 0 Å². The van der Waals surface area contributed by atoms with Gasteiger partial charge in [-0.1, -0.05) is 48.5 Å². The molecule has 0 aliphatic rings. The third-order valence-corrected chi connectivity index (χ3v) is 4.29. The molecule has 5 heteroatoms. The molecule has 4 nitrogen and oxygen atoms in total. The molecule has 2 aromatic carbocycles. The summed E-state index contributed by atoms with van der Waals surface area (Å²) in [6.07, 6.45) is 0. The van der Waals surface area contributed by atoms with Crippen molar-refractivity contribution in [2.24, 2.45) is 0 Å². The molecular weight excluding hydrogens is 322 g/mol. The van der Waals surface area contributed by atoms with Crippen molar-refractivity contribution >= 4 is 29.3 Å². The lowest BCUT2D eigenvalue weighted by Crippen LogP contribution is -2.37. The molecule has 0 atom stereocenters. The van der Waals surface area contributed by atoms with Crippen LogP contribution < -0.4 is 4.90 Å². The minimum atomic E-state index is -0.400. The SMILES string of the molecule is CCOC(=O)CN(C(=O)CSCc1ccccc1)c1ccccc1. The zero-order chi connectivity index (χ0) is 17.2. The number of carbonyl (C=O) groups excluding carboxylic acids is 2. The van der Waals surface area contributed by atoms with Crippen molar-refractivity contribution in [2.45, 2.75) is 12.7 Å². The molecule has 0 unspecified atom stereocenters. The number of amides is 1. The van der Waals surface area contributed by atoms with Gasteiger partial charge in [-0.15, -0.1) is 11.8 Å². The Morgan fingerprint density at radius 3 is 2.25 bits per heavy atom. The van der Waals surface area contributed by atoms with E-state index in [4.69, 9.17) is 4.74 Å². The normalized spacial score (nSPS) is 10.2. The fourth-order valence-corrected chi connectivity index (χ4v) is 3.04. The molecule has 0 bridgehead atoms. The molecule has 0 aliphatic carbocycles. The van der Waals surface area contributed by atoms with Gasteiger partial charge in [0.15, 0.2) is 0 Å². The van der Waals surface area contributed by atoms with Crippen LogP contribution in [0.4, 0.5) is 5.69 Å². The van der Waals surface area contributed by atoms with Gasteiger partial charge in [0.05, 0.1) is 12.4 Å². The topological polar surface area (TPSA) is 46.6 Å². The Balaban J connectivity index is 1.97. The van der Waals surface area contributed by atoms with Crippen molar-refractivity contribution in [1.82, 2.24) is 0 Å². The van der Waals surface area contributed by atoms with Gasteiger partial charge in [0.1, 0.15) is 6.54 Å². The molecule has 0 radical (unpaired) electrons. The Labute approximate surface area is 146 Å². The number of ether oxygens (including phenoxy) is 1. The first-order valence-electron chi connectivity index (χ1n) is 7.83. The lowest BCUT2D eigenvalue weighted by Gasteiger charge is -2.21. The minimum absolute atomic E-state index is 0.0669. The highest BCUT2D eigenvalue weighted by Crippen LogP contribution is 2.17. The summed E-state index contributed by atoms with van der Waals surface area (Å²) in [4.78, 5) is 25.9. The Morgan fingerprint density at radius 1 is 1.00 bits per heavy atom. The molecule has 126 valence electrons. The molecule has 0 N–H and O–H groups in total. The quantitative estimate of drug-likeness (QED) is 0.688. The van der Waals surface area contributed by atoms with Crippen LogP contribution in [0.15, 0.2) is 60.7 Å². The number of rotatable bonds is 8. The van der Waals surface area contributed by atoms with E-state index in [1.54, 1.807) is 6.92 Å². The number of hydrogen-bond acceptors (Lipinski definition) is 4. The summed E-state index contributed by atoms with van der Waals surface area (Å²) in [5.41, 5.74) is 1.88. The van der Waals surface area contributed by atoms with E-state index in [0.717, 1.165) is 5.75 Å². The summed E-state index contributed by atoms with van der Waals surface area (Å²) >= 11 is 1.53.